The van der Waals surface area contributed by atoms with E-state index in [4.69, 9.17) is 0 Å². The fourth-order valence-electron chi connectivity index (χ4n) is 2.22. The quantitative estimate of drug-likeness (QED) is 0.831. The second-order valence-electron chi connectivity index (χ2n) is 4.84. The Balaban J connectivity index is 2.14. The number of benzene rings is 1. The van der Waals surface area contributed by atoms with E-state index in [0.717, 1.165) is 30.5 Å². The number of aromatic nitrogens is 1. The number of rotatable bonds is 2. The Bertz CT molecular complexity index is 543. The number of nitrogens with zero attached hydrogens (tertiary/aromatic N) is 1. The molecule has 2 aromatic rings. The molecule has 1 aliphatic carbocycles. The van der Waals surface area contributed by atoms with Crippen LogP contribution in [0.15, 0.2) is 30.3 Å². The molecule has 0 bridgehead atoms. The number of pyridine rings is 1. The van der Waals surface area contributed by atoms with Crippen LogP contribution in [0.5, 0.6) is 0 Å². The molecule has 1 aliphatic rings. The van der Waals surface area contributed by atoms with Gasteiger partial charge in [0.1, 0.15) is 0 Å². The molecule has 16 heavy (non-hydrogen) atoms. The molecule has 1 aromatic carbocycles. The van der Waals surface area contributed by atoms with Crippen molar-refractivity contribution in [2.45, 2.75) is 31.8 Å². The summed E-state index contributed by atoms with van der Waals surface area (Å²) >= 11 is 0. The van der Waals surface area contributed by atoms with Gasteiger partial charge in [-0.15, -0.1) is 0 Å². The first-order valence-electron chi connectivity index (χ1n) is 5.74. The molecule has 1 aromatic heterocycles. The molecule has 2 heteroatoms. The van der Waals surface area contributed by atoms with Crippen LogP contribution in [0.3, 0.4) is 0 Å². The molecule has 0 aliphatic heterocycles. The monoisotopic (exact) mass is 213 g/mol. The van der Waals surface area contributed by atoms with Gasteiger partial charge in [0.15, 0.2) is 0 Å². The topological polar surface area (TPSA) is 33.1 Å². The van der Waals surface area contributed by atoms with E-state index in [2.05, 4.69) is 17.1 Å². The van der Waals surface area contributed by atoms with Crippen molar-refractivity contribution in [1.29, 1.82) is 0 Å². The highest BCUT2D eigenvalue weighted by Gasteiger charge is 2.40. The highest BCUT2D eigenvalue weighted by atomic mass is 16.3. The molecule has 1 heterocycles. The number of para-hydroxylation sites is 1. The molecule has 1 saturated carbocycles. The van der Waals surface area contributed by atoms with Crippen molar-refractivity contribution in [3.05, 3.63) is 41.6 Å². The van der Waals surface area contributed by atoms with Crippen LogP contribution >= 0.6 is 0 Å². The lowest BCUT2D eigenvalue weighted by Gasteiger charge is -2.11. The highest BCUT2D eigenvalue weighted by Crippen LogP contribution is 2.39. The van der Waals surface area contributed by atoms with E-state index >= 15 is 0 Å². The van der Waals surface area contributed by atoms with Crippen molar-refractivity contribution in [1.82, 2.24) is 4.98 Å². The number of hydrogen-bond acceptors (Lipinski definition) is 2. The van der Waals surface area contributed by atoms with Crippen LogP contribution in [-0.4, -0.2) is 15.7 Å². The van der Waals surface area contributed by atoms with E-state index in [1.54, 1.807) is 0 Å². The third-order valence-electron chi connectivity index (χ3n) is 3.28. The lowest BCUT2D eigenvalue weighted by molar-refractivity contribution is 0.151. The maximum absolute atomic E-state index is 10.0. The third-order valence-corrected chi connectivity index (χ3v) is 3.28. The van der Waals surface area contributed by atoms with Crippen molar-refractivity contribution in [2.75, 3.05) is 0 Å². The molecule has 1 N–H and O–H groups in total. The van der Waals surface area contributed by atoms with Crippen LogP contribution in [0.1, 0.15) is 24.1 Å². The van der Waals surface area contributed by atoms with Gasteiger partial charge in [-0.2, -0.15) is 0 Å². The Hall–Kier alpha value is -1.41. The summed E-state index contributed by atoms with van der Waals surface area (Å²) in [5.41, 5.74) is 2.85. The van der Waals surface area contributed by atoms with Crippen molar-refractivity contribution in [3.8, 4) is 0 Å². The van der Waals surface area contributed by atoms with Crippen LogP contribution in [0.2, 0.25) is 0 Å². The summed E-state index contributed by atoms with van der Waals surface area (Å²) in [6.07, 6.45) is 2.63. The molecule has 0 radical (unpaired) electrons. The van der Waals surface area contributed by atoms with Crippen molar-refractivity contribution < 1.29 is 5.11 Å². The summed E-state index contributed by atoms with van der Waals surface area (Å²) in [5.74, 6) is 0. The Morgan fingerprint density at radius 3 is 2.81 bits per heavy atom. The lowest BCUT2D eigenvalue weighted by Crippen LogP contribution is -2.11. The average molecular weight is 213 g/mol. The van der Waals surface area contributed by atoms with E-state index in [1.807, 2.05) is 25.1 Å². The zero-order valence-electron chi connectivity index (χ0n) is 9.40. The normalized spacial score (nSPS) is 17.6. The van der Waals surface area contributed by atoms with Crippen LogP contribution in [0, 0.1) is 6.92 Å². The first-order valence-corrected chi connectivity index (χ1v) is 5.74. The van der Waals surface area contributed by atoms with Crippen molar-refractivity contribution in [2.24, 2.45) is 0 Å². The first kappa shape index (κ1) is 9.79. The van der Waals surface area contributed by atoms with Gasteiger partial charge in [0.2, 0.25) is 0 Å². The lowest BCUT2D eigenvalue weighted by atomic mass is 10.0. The Morgan fingerprint density at radius 1 is 1.31 bits per heavy atom. The molecule has 3 rings (SSSR count). The number of aliphatic hydroxyl groups is 1. The average Bonchev–Trinajstić information content (AvgIpc) is 2.96. The van der Waals surface area contributed by atoms with Crippen LogP contribution in [0.25, 0.3) is 10.9 Å². The Morgan fingerprint density at radius 2 is 2.06 bits per heavy atom. The largest absolute Gasteiger partial charge is 0.390 e. The molecule has 0 amide bonds. The van der Waals surface area contributed by atoms with Gasteiger partial charge in [0.25, 0.3) is 0 Å². The number of aryl methyl sites for hydroxylation is 1. The van der Waals surface area contributed by atoms with Gasteiger partial charge in [0, 0.05) is 17.5 Å². The number of hydrogen-bond donors (Lipinski definition) is 1. The van der Waals surface area contributed by atoms with Crippen LogP contribution in [0.4, 0.5) is 0 Å². The van der Waals surface area contributed by atoms with Crippen LogP contribution < -0.4 is 0 Å². The summed E-state index contributed by atoms with van der Waals surface area (Å²) in [6.45, 7) is 2.01. The predicted octanol–water partition coefficient (Wildman–Crippen LogP) is 2.61. The van der Waals surface area contributed by atoms with E-state index in [0.29, 0.717) is 0 Å². The summed E-state index contributed by atoms with van der Waals surface area (Å²) in [4.78, 5) is 4.51. The van der Waals surface area contributed by atoms with Crippen LogP contribution in [-0.2, 0) is 6.42 Å². The summed E-state index contributed by atoms with van der Waals surface area (Å²) in [6, 6.07) is 10.2. The summed E-state index contributed by atoms with van der Waals surface area (Å²) in [5, 5.41) is 11.2. The number of fused-ring (bicyclic) bond motifs is 1. The van der Waals surface area contributed by atoms with Crippen molar-refractivity contribution in [3.63, 3.8) is 0 Å². The van der Waals surface area contributed by atoms with E-state index < -0.39 is 5.60 Å². The van der Waals surface area contributed by atoms with Gasteiger partial charge >= 0.3 is 0 Å². The van der Waals surface area contributed by atoms with E-state index in [-0.39, 0.29) is 0 Å². The van der Waals surface area contributed by atoms with Gasteiger partial charge in [-0.05, 0) is 37.5 Å². The molecule has 1 fully saturated rings. The van der Waals surface area contributed by atoms with Gasteiger partial charge in [0.05, 0.1) is 11.1 Å². The second kappa shape index (κ2) is 3.29. The Kier molecular flexibility index (Phi) is 2.01. The Labute approximate surface area is 94.9 Å². The molecule has 0 saturated heterocycles. The smallest absolute Gasteiger partial charge is 0.0707 e. The maximum atomic E-state index is 10.0. The molecule has 0 atom stereocenters. The summed E-state index contributed by atoms with van der Waals surface area (Å²) < 4.78 is 0. The van der Waals surface area contributed by atoms with E-state index in [1.165, 1.54) is 10.9 Å². The van der Waals surface area contributed by atoms with Gasteiger partial charge in [-0.1, -0.05) is 18.2 Å². The van der Waals surface area contributed by atoms with E-state index in [9.17, 15) is 5.11 Å². The zero-order valence-corrected chi connectivity index (χ0v) is 9.40. The highest BCUT2D eigenvalue weighted by molar-refractivity contribution is 5.82. The third kappa shape index (κ3) is 1.69. The van der Waals surface area contributed by atoms with Gasteiger partial charge in [-0.3, -0.25) is 4.98 Å². The molecule has 2 nitrogen and oxygen atoms in total. The standard InChI is InChI=1S/C14H15NO/c1-10-8-11(9-14(16)6-7-14)12-4-2-3-5-13(12)15-10/h2-5,8,16H,6-7,9H2,1H3. The van der Waals surface area contributed by atoms with Crippen molar-refractivity contribution >= 4 is 10.9 Å². The van der Waals surface area contributed by atoms with Gasteiger partial charge in [-0.25, -0.2) is 0 Å². The minimum absolute atomic E-state index is 0.434. The predicted molar refractivity (Wildman–Crippen MR) is 64.4 cm³/mol. The minimum Gasteiger partial charge on any atom is -0.390 e. The molecular formula is C14H15NO. The second-order valence-corrected chi connectivity index (χ2v) is 4.84. The molecule has 0 unspecified atom stereocenters. The first-order chi connectivity index (χ1) is 7.66. The fourth-order valence-corrected chi connectivity index (χ4v) is 2.22. The molecular weight excluding hydrogens is 198 g/mol. The zero-order chi connectivity index (χ0) is 11.2. The minimum atomic E-state index is -0.434. The maximum Gasteiger partial charge on any atom is 0.0707 e. The SMILES string of the molecule is Cc1cc(CC2(O)CC2)c2ccccc2n1. The fraction of sp³-hybridized carbons (Fsp3) is 0.357. The summed E-state index contributed by atoms with van der Waals surface area (Å²) in [7, 11) is 0. The molecule has 82 valence electrons. The van der Waals surface area contributed by atoms with Gasteiger partial charge < -0.3 is 5.11 Å². The molecule has 0 spiro atoms.